The Morgan fingerprint density at radius 1 is 0.346 bits per heavy atom. The van der Waals surface area contributed by atoms with E-state index in [1.54, 1.807) is 0 Å². The number of phosphoric acid groups is 2. The zero-order chi connectivity index (χ0) is 59.9. The molecule has 0 saturated heterocycles. The van der Waals surface area contributed by atoms with Gasteiger partial charge in [-0.1, -0.05) is 259 Å². The van der Waals surface area contributed by atoms with Crippen molar-refractivity contribution >= 4 is 39.5 Å². The van der Waals surface area contributed by atoms with Gasteiger partial charge in [0, 0.05) is 25.7 Å². The van der Waals surface area contributed by atoms with E-state index < -0.39 is 97.5 Å². The largest absolute Gasteiger partial charge is 0.472 e. The molecule has 6 atom stereocenters. The summed E-state index contributed by atoms with van der Waals surface area (Å²) in [7, 11) is -9.87. The van der Waals surface area contributed by atoms with Crippen molar-refractivity contribution in [3.63, 3.8) is 0 Å². The van der Waals surface area contributed by atoms with Crippen LogP contribution in [0.5, 0.6) is 0 Å². The number of phosphoric ester groups is 2. The minimum absolute atomic E-state index is 0.104. The van der Waals surface area contributed by atoms with Gasteiger partial charge in [0.05, 0.1) is 26.4 Å². The lowest BCUT2D eigenvalue weighted by atomic mass is 10.00. The van der Waals surface area contributed by atoms with Crippen LogP contribution < -0.4 is 0 Å². The molecule has 0 radical (unpaired) electrons. The molecule has 0 heterocycles. The van der Waals surface area contributed by atoms with Crippen molar-refractivity contribution in [2.75, 3.05) is 39.6 Å². The van der Waals surface area contributed by atoms with Crippen LogP contribution in [0.1, 0.15) is 311 Å². The molecule has 0 amide bonds. The van der Waals surface area contributed by atoms with Crippen molar-refractivity contribution < 1.29 is 80.2 Å². The molecule has 0 saturated carbocycles. The van der Waals surface area contributed by atoms with Crippen molar-refractivity contribution in [3.8, 4) is 0 Å². The quantitative estimate of drug-likeness (QED) is 0.0222. The summed E-state index contributed by atoms with van der Waals surface area (Å²) in [5.74, 6) is -1.41. The lowest BCUT2D eigenvalue weighted by molar-refractivity contribution is -0.161. The van der Waals surface area contributed by atoms with Gasteiger partial charge >= 0.3 is 39.5 Å². The Balaban J connectivity index is 5.18. The van der Waals surface area contributed by atoms with Crippen LogP contribution in [0, 0.1) is 5.92 Å². The summed E-state index contributed by atoms with van der Waals surface area (Å²) in [6.07, 6.45) is 39.2. The summed E-state index contributed by atoms with van der Waals surface area (Å²) in [6.45, 7) is 7.08. The fraction of sp³-hybridized carbons (Fsp3) is 0.935. The van der Waals surface area contributed by atoms with Gasteiger partial charge in [-0.3, -0.25) is 37.3 Å². The third-order valence-electron chi connectivity index (χ3n) is 14.6. The molecule has 0 fully saturated rings. The molecule has 0 aromatic heterocycles. The third-order valence-corrected chi connectivity index (χ3v) is 16.5. The number of esters is 4. The van der Waals surface area contributed by atoms with E-state index in [9.17, 15) is 43.2 Å². The van der Waals surface area contributed by atoms with E-state index in [0.29, 0.717) is 25.7 Å². The van der Waals surface area contributed by atoms with Gasteiger partial charge in [-0.05, 0) is 31.6 Å². The molecule has 0 aliphatic rings. The third kappa shape index (κ3) is 55.7. The zero-order valence-electron chi connectivity index (χ0n) is 51.9. The monoisotopic (exact) mass is 1200 g/mol. The number of aliphatic hydroxyl groups excluding tert-OH is 1. The minimum Gasteiger partial charge on any atom is -0.462 e. The Hall–Kier alpha value is -1.94. The number of hydrogen-bond acceptors (Lipinski definition) is 15. The predicted octanol–water partition coefficient (Wildman–Crippen LogP) is 17.0. The van der Waals surface area contributed by atoms with Crippen molar-refractivity contribution in [2.45, 2.75) is 329 Å². The standard InChI is InChI=1S/C62H120O17P2/c1-6-10-13-16-19-21-22-23-24-25-26-27-28-31-38-43-48-62(67)79-58(52-73-60(65)46-41-36-33-32-34-39-44-55(5)9-4)54-77-81(70,71)75-50-56(63)49-74-80(68,69)76-53-57(51-72-59(64)45-40-35-29-18-15-12-8-3)78-61(66)47-42-37-30-20-17-14-11-7-2/h55-58,63H,6-54H2,1-5H3,(H,68,69)(H,70,71)/t55?,56-,57+,58+/m0/s1. The summed E-state index contributed by atoms with van der Waals surface area (Å²) in [4.78, 5) is 71.9. The summed E-state index contributed by atoms with van der Waals surface area (Å²) >= 11 is 0. The maximum Gasteiger partial charge on any atom is 0.472 e. The highest BCUT2D eigenvalue weighted by Crippen LogP contribution is 2.45. The molecule has 3 unspecified atom stereocenters. The van der Waals surface area contributed by atoms with Gasteiger partial charge in [-0.2, -0.15) is 0 Å². The summed E-state index contributed by atoms with van der Waals surface area (Å²) < 4.78 is 67.7. The van der Waals surface area contributed by atoms with Crippen LogP contribution in [0.2, 0.25) is 0 Å². The van der Waals surface area contributed by atoms with E-state index in [1.165, 1.54) is 109 Å². The van der Waals surface area contributed by atoms with Gasteiger partial charge in [-0.25, -0.2) is 9.13 Å². The first-order valence-corrected chi connectivity index (χ1v) is 35.7. The Bertz CT molecular complexity index is 1590. The first-order chi connectivity index (χ1) is 39.1. The number of carbonyl (C=O) groups is 4. The van der Waals surface area contributed by atoms with E-state index in [2.05, 4.69) is 34.6 Å². The topological polar surface area (TPSA) is 237 Å². The summed E-state index contributed by atoms with van der Waals surface area (Å²) in [6, 6.07) is 0. The zero-order valence-corrected chi connectivity index (χ0v) is 53.7. The molecule has 0 bridgehead atoms. The highest BCUT2D eigenvalue weighted by Gasteiger charge is 2.30. The average molecular weight is 1200 g/mol. The number of rotatable bonds is 62. The number of hydrogen-bond donors (Lipinski definition) is 3. The summed E-state index contributed by atoms with van der Waals surface area (Å²) in [5.41, 5.74) is 0. The molecule has 0 aliphatic heterocycles. The van der Waals surface area contributed by atoms with Gasteiger partial charge in [0.15, 0.2) is 12.2 Å². The molecule has 480 valence electrons. The predicted molar refractivity (Wildman–Crippen MR) is 322 cm³/mol. The maximum atomic E-state index is 13.0. The Morgan fingerprint density at radius 3 is 0.877 bits per heavy atom. The number of unbranched alkanes of at least 4 members (excludes halogenated alkanes) is 33. The van der Waals surface area contributed by atoms with Crippen LogP contribution in [-0.2, 0) is 65.4 Å². The molecule has 3 N–H and O–H groups in total. The second kappa shape index (κ2) is 55.9. The Labute approximate surface area is 492 Å². The van der Waals surface area contributed by atoms with Gasteiger partial charge in [-0.15, -0.1) is 0 Å². The smallest absolute Gasteiger partial charge is 0.462 e. The average Bonchev–Trinajstić information content (AvgIpc) is 3.45. The van der Waals surface area contributed by atoms with Crippen LogP contribution in [0.15, 0.2) is 0 Å². The number of aliphatic hydroxyl groups is 1. The first-order valence-electron chi connectivity index (χ1n) is 32.7. The molecule has 0 spiro atoms. The summed E-state index contributed by atoms with van der Waals surface area (Å²) in [5, 5.41) is 10.5. The van der Waals surface area contributed by atoms with Crippen LogP contribution >= 0.6 is 15.6 Å². The van der Waals surface area contributed by atoms with Crippen molar-refractivity contribution in [1.82, 2.24) is 0 Å². The van der Waals surface area contributed by atoms with E-state index in [-0.39, 0.29) is 25.7 Å². The highest BCUT2D eigenvalue weighted by molar-refractivity contribution is 7.47. The SMILES string of the molecule is CCCCCCCCCCCCCCCCCCC(=O)O[C@H](COC(=O)CCCCCCCCC(C)CC)COP(=O)(O)OC[C@@H](O)COP(=O)(O)OC[C@@H](COC(=O)CCCCCCCCC)OC(=O)CCCCCCCCCC. The molecular weight excluding hydrogens is 1080 g/mol. The maximum absolute atomic E-state index is 13.0. The van der Waals surface area contributed by atoms with Crippen molar-refractivity contribution in [2.24, 2.45) is 5.92 Å². The van der Waals surface area contributed by atoms with Gasteiger partial charge in [0.2, 0.25) is 0 Å². The van der Waals surface area contributed by atoms with Crippen molar-refractivity contribution in [1.29, 1.82) is 0 Å². The Morgan fingerprint density at radius 2 is 0.593 bits per heavy atom. The van der Waals surface area contributed by atoms with Crippen LogP contribution in [-0.4, -0.2) is 96.7 Å². The van der Waals surface area contributed by atoms with Gasteiger partial charge in [0.25, 0.3) is 0 Å². The van der Waals surface area contributed by atoms with E-state index in [4.69, 9.17) is 37.0 Å². The minimum atomic E-state index is -4.94. The van der Waals surface area contributed by atoms with Crippen molar-refractivity contribution in [3.05, 3.63) is 0 Å². The normalized spacial score (nSPS) is 14.6. The lowest BCUT2D eigenvalue weighted by Crippen LogP contribution is -2.30. The van der Waals surface area contributed by atoms with E-state index in [1.807, 2.05) is 0 Å². The lowest BCUT2D eigenvalue weighted by Gasteiger charge is -2.21. The highest BCUT2D eigenvalue weighted by atomic mass is 31.2. The molecule has 81 heavy (non-hydrogen) atoms. The number of ether oxygens (including phenoxy) is 4. The fourth-order valence-corrected chi connectivity index (χ4v) is 10.8. The van der Waals surface area contributed by atoms with E-state index >= 15 is 0 Å². The fourth-order valence-electron chi connectivity index (χ4n) is 9.20. The Kier molecular flexibility index (Phi) is 54.6. The number of carbonyl (C=O) groups excluding carboxylic acids is 4. The van der Waals surface area contributed by atoms with Gasteiger partial charge < -0.3 is 33.8 Å². The molecule has 0 rings (SSSR count). The molecule has 17 nitrogen and oxygen atoms in total. The van der Waals surface area contributed by atoms with Crippen LogP contribution in [0.4, 0.5) is 0 Å². The molecular formula is C62H120O17P2. The molecule has 19 heteroatoms. The van der Waals surface area contributed by atoms with E-state index in [0.717, 1.165) is 121 Å². The van der Waals surface area contributed by atoms with Crippen LogP contribution in [0.3, 0.4) is 0 Å². The van der Waals surface area contributed by atoms with Crippen LogP contribution in [0.25, 0.3) is 0 Å². The second-order valence-electron chi connectivity index (χ2n) is 22.7. The molecule has 0 aromatic rings. The molecule has 0 aliphatic carbocycles. The van der Waals surface area contributed by atoms with Gasteiger partial charge in [0.1, 0.15) is 19.3 Å². The first kappa shape index (κ1) is 79.1. The molecule has 0 aromatic carbocycles. The second-order valence-corrected chi connectivity index (χ2v) is 25.6.